The van der Waals surface area contributed by atoms with E-state index in [1.807, 2.05) is 35.2 Å². The molecule has 4 rings (SSSR count). The highest BCUT2D eigenvalue weighted by atomic mass is 16.5. The highest BCUT2D eigenvalue weighted by molar-refractivity contribution is 5.95. The zero-order valence-corrected chi connectivity index (χ0v) is 16.1. The number of benzene rings is 2. The first kappa shape index (κ1) is 17.9. The Kier molecular flexibility index (Phi) is 5.33. The van der Waals surface area contributed by atoms with Crippen LogP contribution in [0.4, 0.5) is 5.69 Å². The molecular weight excluding hydrogens is 336 g/mol. The fourth-order valence-electron chi connectivity index (χ4n) is 4.41. The van der Waals surface area contributed by atoms with Gasteiger partial charge in [-0.05, 0) is 62.4 Å². The Morgan fingerprint density at radius 2 is 1.67 bits per heavy atom. The topological polar surface area (TPSA) is 32.8 Å². The highest BCUT2D eigenvalue weighted by Gasteiger charge is 2.32. The number of piperidine rings is 1. The van der Waals surface area contributed by atoms with Crippen molar-refractivity contribution in [1.82, 2.24) is 4.90 Å². The van der Waals surface area contributed by atoms with Crippen LogP contribution in [0.3, 0.4) is 0 Å². The van der Waals surface area contributed by atoms with E-state index in [4.69, 9.17) is 4.74 Å². The van der Waals surface area contributed by atoms with Gasteiger partial charge < -0.3 is 14.5 Å². The molecule has 0 aromatic heterocycles. The molecule has 0 spiro atoms. The summed E-state index contributed by atoms with van der Waals surface area (Å²) in [6.45, 7) is 3.04. The van der Waals surface area contributed by atoms with Crippen LogP contribution in [0, 0.1) is 0 Å². The first-order valence-electron chi connectivity index (χ1n) is 10.1. The van der Waals surface area contributed by atoms with Crippen LogP contribution in [0.15, 0.2) is 48.5 Å². The van der Waals surface area contributed by atoms with E-state index < -0.39 is 0 Å². The third kappa shape index (κ3) is 3.66. The summed E-state index contributed by atoms with van der Waals surface area (Å²) in [4.78, 5) is 17.6. The van der Waals surface area contributed by atoms with Crippen LogP contribution < -0.4 is 9.64 Å². The predicted molar refractivity (Wildman–Crippen MR) is 109 cm³/mol. The van der Waals surface area contributed by atoms with E-state index in [0.717, 1.165) is 49.4 Å². The van der Waals surface area contributed by atoms with Crippen molar-refractivity contribution in [2.45, 2.75) is 38.1 Å². The van der Waals surface area contributed by atoms with Gasteiger partial charge in [0.1, 0.15) is 5.75 Å². The number of ether oxygens (including phenoxy) is 1. The second-order valence-electron chi connectivity index (χ2n) is 7.49. The minimum absolute atomic E-state index is 0.0930. The fraction of sp³-hybridized carbons (Fsp3) is 0.435. The molecule has 2 fully saturated rings. The smallest absolute Gasteiger partial charge is 0.254 e. The van der Waals surface area contributed by atoms with Gasteiger partial charge in [-0.2, -0.15) is 0 Å². The number of carbonyl (C=O) groups is 1. The Bertz CT molecular complexity index is 781. The van der Waals surface area contributed by atoms with E-state index in [-0.39, 0.29) is 11.9 Å². The zero-order chi connectivity index (χ0) is 18.6. The summed E-state index contributed by atoms with van der Waals surface area (Å²) in [5.74, 6) is 0.983. The Morgan fingerprint density at radius 1 is 0.926 bits per heavy atom. The van der Waals surface area contributed by atoms with Gasteiger partial charge in [0.05, 0.1) is 13.2 Å². The molecule has 0 aliphatic carbocycles. The minimum atomic E-state index is 0.0930. The molecule has 2 heterocycles. The molecule has 4 heteroatoms. The number of carbonyl (C=O) groups excluding carboxylic acids is 1. The summed E-state index contributed by atoms with van der Waals surface area (Å²) in [5, 5.41) is 0. The molecule has 1 amide bonds. The Balaban J connectivity index is 1.53. The van der Waals surface area contributed by atoms with Crippen molar-refractivity contribution in [3.63, 3.8) is 0 Å². The minimum Gasteiger partial charge on any atom is -0.496 e. The van der Waals surface area contributed by atoms with E-state index in [1.165, 1.54) is 24.9 Å². The number of methoxy groups -OCH3 is 1. The normalized spacial score (nSPS) is 20.0. The van der Waals surface area contributed by atoms with Gasteiger partial charge in [0.25, 0.3) is 5.91 Å². The molecule has 0 N–H and O–H groups in total. The molecule has 2 aromatic rings. The van der Waals surface area contributed by atoms with Gasteiger partial charge in [0, 0.05) is 36.4 Å². The molecule has 2 aromatic carbocycles. The molecule has 142 valence electrons. The molecule has 1 atom stereocenters. The fourth-order valence-corrected chi connectivity index (χ4v) is 4.41. The number of nitrogens with zero attached hydrogens (tertiary/aromatic N) is 2. The molecule has 0 bridgehead atoms. The average Bonchev–Trinajstić information content (AvgIpc) is 3.23. The summed E-state index contributed by atoms with van der Waals surface area (Å²) >= 11 is 0. The SMILES string of the molecule is COc1ccccc1C1CCCN1C(=O)c1ccc(N2CCCCC2)cc1. The maximum absolute atomic E-state index is 13.2. The summed E-state index contributed by atoms with van der Waals surface area (Å²) in [6, 6.07) is 16.3. The quantitative estimate of drug-likeness (QED) is 0.791. The summed E-state index contributed by atoms with van der Waals surface area (Å²) in [7, 11) is 1.69. The van der Waals surface area contributed by atoms with Crippen molar-refractivity contribution in [2.24, 2.45) is 0 Å². The molecule has 4 nitrogen and oxygen atoms in total. The van der Waals surface area contributed by atoms with E-state index in [9.17, 15) is 4.79 Å². The first-order chi connectivity index (χ1) is 13.3. The number of likely N-dealkylation sites (tertiary alicyclic amines) is 1. The second kappa shape index (κ2) is 8.03. The lowest BCUT2D eigenvalue weighted by Gasteiger charge is -2.29. The van der Waals surface area contributed by atoms with Gasteiger partial charge in [0.15, 0.2) is 0 Å². The first-order valence-corrected chi connectivity index (χ1v) is 10.1. The van der Waals surface area contributed by atoms with Crippen LogP contribution in [0.25, 0.3) is 0 Å². The van der Waals surface area contributed by atoms with E-state index >= 15 is 0 Å². The number of hydrogen-bond donors (Lipinski definition) is 0. The van der Waals surface area contributed by atoms with Crippen LogP contribution in [-0.4, -0.2) is 37.6 Å². The van der Waals surface area contributed by atoms with Crippen LogP contribution in [0.5, 0.6) is 5.75 Å². The van der Waals surface area contributed by atoms with Crippen LogP contribution in [0.1, 0.15) is 54.1 Å². The molecule has 27 heavy (non-hydrogen) atoms. The third-order valence-corrected chi connectivity index (χ3v) is 5.85. The van der Waals surface area contributed by atoms with Crippen LogP contribution in [0.2, 0.25) is 0 Å². The number of hydrogen-bond acceptors (Lipinski definition) is 3. The molecule has 2 aliphatic rings. The van der Waals surface area contributed by atoms with Crippen molar-refractivity contribution in [2.75, 3.05) is 31.6 Å². The highest BCUT2D eigenvalue weighted by Crippen LogP contribution is 2.37. The standard InChI is InChI=1S/C23H28N2O2/c1-27-22-10-4-3-8-20(22)21-9-7-17-25(21)23(26)18-11-13-19(14-12-18)24-15-5-2-6-16-24/h3-4,8,10-14,21H,2,5-7,9,15-17H2,1H3. The lowest BCUT2D eigenvalue weighted by Crippen LogP contribution is -2.31. The van der Waals surface area contributed by atoms with E-state index in [2.05, 4.69) is 23.1 Å². The Hall–Kier alpha value is -2.49. The van der Waals surface area contributed by atoms with Crippen molar-refractivity contribution in [1.29, 1.82) is 0 Å². The predicted octanol–water partition coefficient (Wildman–Crippen LogP) is 4.66. The number of para-hydroxylation sites is 1. The maximum Gasteiger partial charge on any atom is 0.254 e. The van der Waals surface area contributed by atoms with Crippen LogP contribution >= 0.6 is 0 Å². The summed E-state index contributed by atoms with van der Waals surface area (Å²) < 4.78 is 5.53. The molecule has 1 unspecified atom stereocenters. The monoisotopic (exact) mass is 364 g/mol. The third-order valence-electron chi connectivity index (χ3n) is 5.85. The molecule has 2 saturated heterocycles. The van der Waals surface area contributed by atoms with E-state index in [1.54, 1.807) is 7.11 Å². The largest absolute Gasteiger partial charge is 0.496 e. The van der Waals surface area contributed by atoms with Gasteiger partial charge in [-0.15, -0.1) is 0 Å². The van der Waals surface area contributed by atoms with Gasteiger partial charge in [-0.3, -0.25) is 4.79 Å². The summed E-state index contributed by atoms with van der Waals surface area (Å²) in [5.41, 5.74) is 3.11. The van der Waals surface area contributed by atoms with Gasteiger partial charge >= 0.3 is 0 Å². The van der Waals surface area contributed by atoms with Gasteiger partial charge in [-0.25, -0.2) is 0 Å². The van der Waals surface area contributed by atoms with Crippen molar-refractivity contribution in [3.05, 3.63) is 59.7 Å². The molecule has 0 radical (unpaired) electrons. The zero-order valence-electron chi connectivity index (χ0n) is 16.1. The average molecular weight is 364 g/mol. The Labute approximate surface area is 161 Å². The molecule has 2 aliphatic heterocycles. The molecular formula is C23H28N2O2. The summed E-state index contributed by atoms with van der Waals surface area (Å²) in [6.07, 6.45) is 5.86. The van der Waals surface area contributed by atoms with Crippen molar-refractivity contribution < 1.29 is 9.53 Å². The Morgan fingerprint density at radius 3 is 2.41 bits per heavy atom. The maximum atomic E-state index is 13.2. The second-order valence-corrected chi connectivity index (χ2v) is 7.49. The van der Waals surface area contributed by atoms with E-state index in [0.29, 0.717) is 0 Å². The van der Waals surface area contributed by atoms with Crippen molar-refractivity contribution in [3.8, 4) is 5.75 Å². The van der Waals surface area contributed by atoms with Gasteiger partial charge in [-0.1, -0.05) is 18.2 Å². The van der Waals surface area contributed by atoms with Crippen molar-refractivity contribution >= 4 is 11.6 Å². The lowest BCUT2D eigenvalue weighted by atomic mass is 10.0. The lowest BCUT2D eigenvalue weighted by molar-refractivity contribution is 0.0734. The molecule has 0 saturated carbocycles. The van der Waals surface area contributed by atoms with Gasteiger partial charge in [0.2, 0.25) is 0 Å². The number of rotatable bonds is 4. The van der Waals surface area contributed by atoms with Crippen LogP contribution in [-0.2, 0) is 0 Å². The number of amides is 1. The number of anilines is 1.